The normalized spacial score (nSPS) is 10.2. The summed E-state index contributed by atoms with van der Waals surface area (Å²) in [6.45, 7) is -0.0321. The fraction of sp³-hybridized carbons (Fsp3) is 0.0909. The highest BCUT2D eigenvalue weighted by Crippen LogP contribution is 2.21. The summed E-state index contributed by atoms with van der Waals surface area (Å²) in [7, 11) is 0. The summed E-state index contributed by atoms with van der Waals surface area (Å²) in [4.78, 5) is 34.2. The lowest BCUT2D eigenvalue weighted by Crippen LogP contribution is -2.36. The Morgan fingerprint density at radius 1 is 0.935 bits per heavy atom. The molecule has 0 spiro atoms. The molecule has 0 aliphatic carbocycles. The summed E-state index contributed by atoms with van der Waals surface area (Å²) in [5, 5.41) is 15.9. The van der Waals surface area contributed by atoms with Crippen molar-refractivity contribution in [3.63, 3.8) is 0 Å². The van der Waals surface area contributed by atoms with Crippen LogP contribution in [0.1, 0.15) is 15.9 Å². The van der Waals surface area contributed by atoms with Crippen LogP contribution in [0.15, 0.2) is 72.8 Å². The summed E-state index contributed by atoms with van der Waals surface area (Å²) in [5.74, 6) is -0.279. The highest BCUT2D eigenvalue weighted by Gasteiger charge is 2.12. The van der Waals surface area contributed by atoms with Gasteiger partial charge in [-0.1, -0.05) is 18.2 Å². The first-order valence-corrected chi connectivity index (χ1v) is 9.22. The first-order valence-electron chi connectivity index (χ1n) is 9.22. The number of rotatable bonds is 8. The van der Waals surface area contributed by atoms with Gasteiger partial charge in [-0.3, -0.25) is 19.7 Å². The number of ether oxygens (including phenoxy) is 1. The number of hydrogen-bond donors (Lipinski definition) is 2. The lowest BCUT2D eigenvalue weighted by molar-refractivity contribution is -0.384. The number of nitro benzene ring substituents is 1. The van der Waals surface area contributed by atoms with Crippen molar-refractivity contribution in [1.29, 1.82) is 0 Å². The second-order valence-corrected chi connectivity index (χ2v) is 6.47. The molecule has 8 nitrogen and oxygen atoms in total. The number of hydrogen-bond acceptors (Lipinski definition) is 5. The van der Waals surface area contributed by atoms with E-state index in [2.05, 4.69) is 10.6 Å². The third-order valence-corrected chi connectivity index (χ3v) is 4.19. The zero-order valence-electron chi connectivity index (χ0n) is 16.2. The van der Waals surface area contributed by atoms with Crippen molar-refractivity contribution in [3.8, 4) is 11.5 Å². The van der Waals surface area contributed by atoms with Crippen LogP contribution in [0.3, 0.4) is 0 Å². The summed E-state index contributed by atoms with van der Waals surface area (Å²) in [6, 6.07) is 17.9. The third-order valence-electron chi connectivity index (χ3n) is 4.19. The van der Waals surface area contributed by atoms with Crippen LogP contribution in [0.5, 0.6) is 11.5 Å². The molecule has 0 atom stereocenters. The molecular weight excluding hydrogens is 405 g/mol. The highest BCUT2D eigenvalue weighted by atomic mass is 19.1. The number of nitrogens with one attached hydrogen (secondary N) is 2. The monoisotopic (exact) mass is 423 g/mol. The van der Waals surface area contributed by atoms with Crippen LogP contribution in [0.4, 0.5) is 10.1 Å². The Hall–Kier alpha value is -4.27. The number of halogens is 1. The lowest BCUT2D eigenvalue weighted by atomic mass is 10.2. The minimum atomic E-state index is -0.598. The van der Waals surface area contributed by atoms with Crippen LogP contribution < -0.4 is 15.4 Å². The molecule has 0 unspecified atom stereocenters. The number of carbonyl (C=O) groups excluding carboxylic acids is 2. The number of non-ortho nitro benzene ring substituents is 1. The number of nitro groups is 1. The lowest BCUT2D eigenvalue weighted by Gasteiger charge is -2.09. The zero-order valence-corrected chi connectivity index (χ0v) is 16.2. The summed E-state index contributed by atoms with van der Waals surface area (Å²) in [6.07, 6.45) is 0. The van der Waals surface area contributed by atoms with Crippen LogP contribution >= 0.6 is 0 Å². The van der Waals surface area contributed by atoms with Gasteiger partial charge in [-0.15, -0.1) is 0 Å². The molecule has 0 heterocycles. The van der Waals surface area contributed by atoms with E-state index >= 15 is 0 Å². The Kier molecular flexibility index (Phi) is 6.89. The Morgan fingerprint density at radius 2 is 1.58 bits per heavy atom. The van der Waals surface area contributed by atoms with Crippen molar-refractivity contribution >= 4 is 17.5 Å². The quantitative estimate of drug-likeness (QED) is 0.425. The molecule has 0 saturated heterocycles. The molecule has 0 aromatic heterocycles. The Labute approximate surface area is 176 Å². The van der Waals surface area contributed by atoms with Gasteiger partial charge in [-0.25, -0.2) is 4.39 Å². The Bertz CT molecular complexity index is 1090. The topological polar surface area (TPSA) is 111 Å². The predicted molar refractivity (Wildman–Crippen MR) is 110 cm³/mol. The van der Waals surface area contributed by atoms with E-state index in [4.69, 9.17) is 4.74 Å². The molecule has 2 N–H and O–H groups in total. The molecule has 2 amide bonds. The van der Waals surface area contributed by atoms with Crippen molar-refractivity contribution in [1.82, 2.24) is 10.6 Å². The van der Waals surface area contributed by atoms with E-state index in [0.717, 1.165) is 11.6 Å². The van der Waals surface area contributed by atoms with Crippen molar-refractivity contribution in [2.24, 2.45) is 0 Å². The molecule has 0 bridgehead atoms. The maximum Gasteiger partial charge on any atom is 0.270 e. The van der Waals surface area contributed by atoms with Gasteiger partial charge in [0, 0.05) is 24.2 Å². The van der Waals surface area contributed by atoms with E-state index in [0.29, 0.717) is 11.5 Å². The molecule has 31 heavy (non-hydrogen) atoms. The van der Waals surface area contributed by atoms with Crippen LogP contribution in [-0.2, 0) is 11.3 Å². The van der Waals surface area contributed by atoms with Gasteiger partial charge < -0.3 is 15.4 Å². The van der Waals surface area contributed by atoms with Crippen molar-refractivity contribution in [2.75, 3.05) is 6.54 Å². The van der Waals surface area contributed by atoms with E-state index in [1.807, 2.05) is 0 Å². The fourth-order valence-electron chi connectivity index (χ4n) is 2.60. The Balaban J connectivity index is 1.45. The zero-order chi connectivity index (χ0) is 22.2. The minimum Gasteiger partial charge on any atom is -0.457 e. The second kappa shape index (κ2) is 9.97. The molecule has 0 saturated carbocycles. The van der Waals surface area contributed by atoms with Gasteiger partial charge in [0.1, 0.15) is 17.3 Å². The molecule has 0 aliphatic rings. The maximum atomic E-state index is 12.9. The van der Waals surface area contributed by atoms with Gasteiger partial charge in [0.15, 0.2) is 0 Å². The van der Waals surface area contributed by atoms with Crippen LogP contribution in [-0.4, -0.2) is 23.3 Å². The smallest absolute Gasteiger partial charge is 0.270 e. The largest absolute Gasteiger partial charge is 0.457 e. The molecule has 158 valence electrons. The summed E-state index contributed by atoms with van der Waals surface area (Å²) < 4.78 is 18.5. The number of nitrogens with zero attached hydrogens (tertiary/aromatic N) is 1. The van der Waals surface area contributed by atoms with E-state index in [1.165, 1.54) is 42.5 Å². The van der Waals surface area contributed by atoms with Crippen LogP contribution in [0.25, 0.3) is 0 Å². The minimum absolute atomic E-state index is 0.0961. The van der Waals surface area contributed by atoms with E-state index < -0.39 is 16.7 Å². The van der Waals surface area contributed by atoms with Crippen LogP contribution in [0.2, 0.25) is 0 Å². The molecule has 0 radical (unpaired) electrons. The van der Waals surface area contributed by atoms with Gasteiger partial charge >= 0.3 is 0 Å². The van der Waals surface area contributed by atoms with Gasteiger partial charge in [0.2, 0.25) is 5.91 Å². The van der Waals surface area contributed by atoms with E-state index in [-0.39, 0.29) is 30.2 Å². The number of carbonyl (C=O) groups is 2. The Morgan fingerprint density at radius 3 is 2.23 bits per heavy atom. The van der Waals surface area contributed by atoms with Crippen LogP contribution in [0, 0.1) is 15.9 Å². The average molecular weight is 423 g/mol. The van der Waals surface area contributed by atoms with Gasteiger partial charge in [0.05, 0.1) is 11.5 Å². The van der Waals surface area contributed by atoms with Crippen molar-refractivity contribution in [3.05, 3.63) is 99.9 Å². The maximum absolute atomic E-state index is 12.9. The van der Waals surface area contributed by atoms with Gasteiger partial charge in [0.25, 0.3) is 11.6 Å². The first kappa shape index (κ1) is 21.4. The second-order valence-electron chi connectivity index (χ2n) is 6.47. The summed E-state index contributed by atoms with van der Waals surface area (Å²) >= 11 is 0. The van der Waals surface area contributed by atoms with Crippen molar-refractivity contribution < 1.29 is 23.6 Å². The number of benzene rings is 3. The highest BCUT2D eigenvalue weighted by molar-refractivity contribution is 5.96. The van der Waals surface area contributed by atoms with Gasteiger partial charge in [-0.05, 0) is 48.0 Å². The van der Waals surface area contributed by atoms with Crippen molar-refractivity contribution in [2.45, 2.75) is 6.54 Å². The third kappa shape index (κ3) is 6.36. The average Bonchev–Trinajstić information content (AvgIpc) is 2.78. The number of amides is 2. The molecule has 0 fully saturated rings. The van der Waals surface area contributed by atoms with Gasteiger partial charge in [-0.2, -0.15) is 0 Å². The molecule has 0 aliphatic heterocycles. The standard InChI is InChI=1S/C22H18FN3O5/c23-17-6-10-20(11-7-17)31-19-8-4-15(5-9-19)13-24-21(27)14-25-22(28)16-2-1-3-18(12-16)26(29)30/h1-12H,13-14H2,(H,24,27)(H,25,28). The van der Waals surface area contributed by atoms with E-state index in [9.17, 15) is 24.1 Å². The SMILES string of the molecule is O=C(CNC(=O)c1cccc([N+](=O)[O-])c1)NCc1ccc(Oc2ccc(F)cc2)cc1. The first-order chi connectivity index (χ1) is 14.9. The molecule has 9 heteroatoms. The van der Waals surface area contributed by atoms with E-state index in [1.54, 1.807) is 24.3 Å². The molecular formula is C22H18FN3O5. The predicted octanol–water partition coefficient (Wildman–Crippen LogP) is 3.57. The molecule has 3 rings (SSSR count). The molecule has 3 aromatic carbocycles. The molecule has 3 aromatic rings. The fourth-order valence-corrected chi connectivity index (χ4v) is 2.60. The summed E-state index contributed by atoms with van der Waals surface area (Å²) in [5.41, 5.74) is 0.701.